The maximum absolute atomic E-state index is 5.61. The topological polar surface area (TPSA) is 31.4 Å². The van der Waals surface area contributed by atoms with Crippen LogP contribution in [0.2, 0.25) is 0 Å². The number of aromatic nitrogens is 1. The summed E-state index contributed by atoms with van der Waals surface area (Å²) in [7, 11) is 0. The minimum atomic E-state index is 0.270. The van der Waals surface area contributed by atoms with Gasteiger partial charge >= 0.3 is 0 Å². The van der Waals surface area contributed by atoms with Crippen molar-refractivity contribution in [3.05, 3.63) is 79.0 Å². The Kier molecular flexibility index (Phi) is 3.76. The van der Waals surface area contributed by atoms with Crippen molar-refractivity contribution in [1.82, 2.24) is 4.98 Å². The molecule has 0 spiro atoms. The molecule has 1 aliphatic rings. The van der Waals surface area contributed by atoms with Gasteiger partial charge in [0, 0.05) is 32.3 Å². The van der Waals surface area contributed by atoms with Crippen LogP contribution in [0.5, 0.6) is 11.5 Å². The predicted octanol–water partition coefficient (Wildman–Crippen LogP) is 5.78. The van der Waals surface area contributed by atoms with Crippen LogP contribution in [-0.2, 0) is 0 Å². The summed E-state index contributed by atoms with van der Waals surface area (Å²) in [5.74, 6) is 1.57. The highest BCUT2D eigenvalue weighted by atomic mass is 32.2. The van der Waals surface area contributed by atoms with Gasteiger partial charge < -0.3 is 9.47 Å². The third-order valence-electron chi connectivity index (χ3n) is 4.35. The average Bonchev–Trinajstić information content (AvgIpc) is 3.15. The summed E-state index contributed by atoms with van der Waals surface area (Å²) in [6.07, 6.45) is 1.91. The number of hydrogen-bond acceptors (Lipinski definition) is 4. The second-order valence-electron chi connectivity index (χ2n) is 6.01. The molecular weight excluding hydrogens is 342 g/mol. The minimum Gasteiger partial charge on any atom is -0.454 e. The number of pyridine rings is 1. The van der Waals surface area contributed by atoms with Gasteiger partial charge in [-0.05, 0) is 24.3 Å². The van der Waals surface area contributed by atoms with Gasteiger partial charge in [0.2, 0.25) is 6.79 Å². The summed E-state index contributed by atoms with van der Waals surface area (Å²) in [5, 5.41) is 2.17. The molecule has 0 bridgehead atoms. The Bertz CT molecular complexity index is 1080. The van der Waals surface area contributed by atoms with Crippen molar-refractivity contribution in [3.63, 3.8) is 0 Å². The molecule has 0 radical (unpaired) electrons. The van der Waals surface area contributed by atoms with Gasteiger partial charge in [-0.3, -0.25) is 4.98 Å². The standard InChI is InChI=1S/C22H15NO2S/c1-3-7-15(8-4-1)21-22(26-17-9-5-2-6-10-17)18-12-20-19(24-14-25-20)11-16(18)13-23-21/h1-13H,14H2. The van der Waals surface area contributed by atoms with E-state index < -0.39 is 0 Å². The molecule has 26 heavy (non-hydrogen) atoms. The van der Waals surface area contributed by atoms with Crippen LogP contribution in [0.1, 0.15) is 0 Å². The van der Waals surface area contributed by atoms with E-state index in [9.17, 15) is 0 Å². The van der Waals surface area contributed by atoms with Crippen LogP contribution in [0, 0.1) is 0 Å². The molecule has 0 fully saturated rings. The van der Waals surface area contributed by atoms with Crippen LogP contribution >= 0.6 is 11.8 Å². The second kappa shape index (κ2) is 6.39. The van der Waals surface area contributed by atoms with Crippen molar-refractivity contribution in [2.75, 3.05) is 6.79 Å². The van der Waals surface area contributed by atoms with E-state index in [1.807, 2.05) is 36.5 Å². The zero-order chi connectivity index (χ0) is 17.3. The van der Waals surface area contributed by atoms with E-state index in [1.54, 1.807) is 11.8 Å². The maximum Gasteiger partial charge on any atom is 0.231 e. The molecule has 1 aromatic heterocycles. The molecule has 0 saturated carbocycles. The molecule has 4 heteroatoms. The molecule has 0 unspecified atom stereocenters. The molecule has 5 rings (SSSR count). The molecule has 126 valence electrons. The zero-order valence-corrected chi connectivity index (χ0v) is 14.7. The number of benzene rings is 3. The Morgan fingerprint density at radius 3 is 2.27 bits per heavy atom. The van der Waals surface area contributed by atoms with Crippen LogP contribution in [0.3, 0.4) is 0 Å². The molecule has 0 aliphatic carbocycles. The highest BCUT2D eigenvalue weighted by molar-refractivity contribution is 7.99. The van der Waals surface area contributed by atoms with E-state index in [2.05, 4.69) is 42.5 Å². The maximum atomic E-state index is 5.61. The molecule has 3 nitrogen and oxygen atoms in total. The lowest BCUT2D eigenvalue weighted by atomic mass is 10.1. The van der Waals surface area contributed by atoms with Gasteiger partial charge in [0.25, 0.3) is 0 Å². The Labute approximate surface area is 155 Å². The Balaban J connectivity index is 1.75. The predicted molar refractivity (Wildman–Crippen MR) is 104 cm³/mol. The summed E-state index contributed by atoms with van der Waals surface area (Å²) in [6, 6.07) is 24.7. The lowest BCUT2D eigenvalue weighted by Gasteiger charge is -2.13. The van der Waals surface area contributed by atoms with Crippen molar-refractivity contribution < 1.29 is 9.47 Å². The minimum absolute atomic E-state index is 0.270. The van der Waals surface area contributed by atoms with Crippen molar-refractivity contribution in [3.8, 4) is 22.8 Å². The summed E-state index contributed by atoms with van der Waals surface area (Å²) < 4.78 is 11.1. The van der Waals surface area contributed by atoms with E-state index in [1.165, 1.54) is 4.90 Å². The monoisotopic (exact) mass is 357 g/mol. The van der Waals surface area contributed by atoms with Crippen LogP contribution in [0.15, 0.2) is 88.8 Å². The number of rotatable bonds is 3. The Hall–Kier alpha value is -2.98. The molecule has 3 aromatic carbocycles. The van der Waals surface area contributed by atoms with Gasteiger partial charge in [0.1, 0.15) is 0 Å². The van der Waals surface area contributed by atoms with E-state index >= 15 is 0 Å². The Morgan fingerprint density at radius 2 is 1.50 bits per heavy atom. The van der Waals surface area contributed by atoms with Crippen molar-refractivity contribution >= 4 is 22.5 Å². The van der Waals surface area contributed by atoms with Crippen LogP contribution in [-0.4, -0.2) is 11.8 Å². The third-order valence-corrected chi connectivity index (χ3v) is 5.47. The molecule has 2 heterocycles. The number of fused-ring (bicyclic) bond motifs is 2. The summed E-state index contributed by atoms with van der Waals surface area (Å²) >= 11 is 1.73. The van der Waals surface area contributed by atoms with Crippen molar-refractivity contribution in [2.45, 2.75) is 9.79 Å². The van der Waals surface area contributed by atoms with Crippen LogP contribution in [0.25, 0.3) is 22.0 Å². The van der Waals surface area contributed by atoms with Crippen LogP contribution in [0.4, 0.5) is 0 Å². The van der Waals surface area contributed by atoms with E-state index in [0.29, 0.717) is 0 Å². The Morgan fingerprint density at radius 1 is 0.808 bits per heavy atom. The third kappa shape index (κ3) is 2.68. The van der Waals surface area contributed by atoms with E-state index in [0.717, 1.165) is 38.4 Å². The van der Waals surface area contributed by atoms with Gasteiger partial charge in [-0.15, -0.1) is 0 Å². The molecular formula is C22H15NO2S. The summed E-state index contributed by atoms with van der Waals surface area (Å²) in [5.41, 5.74) is 2.08. The smallest absolute Gasteiger partial charge is 0.231 e. The normalized spacial score (nSPS) is 12.5. The molecule has 0 atom stereocenters. The number of ether oxygens (including phenoxy) is 2. The van der Waals surface area contributed by atoms with E-state index in [-0.39, 0.29) is 6.79 Å². The lowest BCUT2D eigenvalue weighted by Crippen LogP contribution is -1.92. The molecule has 0 saturated heterocycles. The first-order valence-corrected chi connectivity index (χ1v) is 9.21. The fourth-order valence-electron chi connectivity index (χ4n) is 3.09. The largest absolute Gasteiger partial charge is 0.454 e. The first-order chi connectivity index (χ1) is 12.9. The molecule has 1 aliphatic heterocycles. The fourth-order valence-corrected chi connectivity index (χ4v) is 4.18. The highest BCUT2D eigenvalue weighted by Gasteiger charge is 2.19. The van der Waals surface area contributed by atoms with Gasteiger partial charge in [0.05, 0.1) is 5.69 Å². The van der Waals surface area contributed by atoms with Gasteiger partial charge in [-0.1, -0.05) is 60.3 Å². The van der Waals surface area contributed by atoms with Crippen molar-refractivity contribution in [1.29, 1.82) is 0 Å². The van der Waals surface area contributed by atoms with Gasteiger partial charge in [0.15, 0.2) is 11.5 Å². The average molecular weight is 357 g/mol. The summed E-state index contributed by atoms with van der Waals surface area (Å²) in [6.45, 7) is 0.270. The summed E-state index contributed by atoms with van der Waals surface area (Å²) in [4.78, 5) is 7.08. The first kappa shape index (κ1) is 15.3. The lowest BCUT2D eigenvalue weighted by molar-refractivity contribution is 0.174. The number of hydrogen-bond donors (Lipinski definition) is 0. The molecule has 4 aromatic rings. The van der Waals surface area contributed by atoms with Gasteiger partial charge in [-0.2, -0.15) is 0 Å². The van der Waals surface area contributed by atoms with Gasteiger partial charge in [-0.25, -0.2) is 0 Å². The quantitative estimate of drug-likeness (QED) is 0.465. The zero-order valence-electron chi connectivity index (χ0n) is 13.9. The van der Waals surface area contributed by atoms with E-state index in [4.69, 9.17) is 14.5 Å². The molecule has 0 amide bonds. The number of nitrogens with zero attached hydrogens (tertiary/aromatic N) is 1. The SMILES string of the molecule is c1ccc(Sc2c(-c3ccccc3)ncc3cc4c(cc23)OCO4)cc1. The second-order valence-corrected chi connectivity index (χ2v) is 7.09. The van der Waals surface area contributed by atoms with Crippen LogP contribution < -0.4 is 9.47 Å². The van der Waals surface area contributed by atoms with Crippen molar-refractivity contribution in [2.24, 2.45) is 0 Å². The first-order valence-electron chi connectivity index (χ1n) is 8.39. The molecule has 0 N–H and O–H groups in total. The fraction of sp³-hybridized carbons (Fsp3) is 0.0455. The highest BCUT2D eigenvalue weighted by Crippen LogP contribution is 2.44.